The van der Waals surface area contributed by atoms with Gasteiger partial charge in [0.25, 0.3) is 5.91 Å². The van der Waals surface area contributed by atoms with Crippen LogP contribution in [0.2, 0.25) is 0 Å². The van der Waals surface area contributed by atoms with Gasteiger partial charge < -0.3 is 20.1 Å². The Hall–Kier alpha value is -4.01. The number of carbonyl (C=O) groups is 5. The molecule has 2 amide bonds. The quantitative estimate of drug-likeness (QED) is 0.381. The van der Waals surface area contributed by atoms with Gasteiger partial charge in [0, 0.05) is 23.4 Å². The Bertz CT molecular complexity index is 1050. The van der Waals surface area contributed by atoms with Crippen molar-refractivity contribution in [1.29, 1.82) is 0 Å². The number of ether oxygens (including phenoxy) is 2. The summed E-state index contributed by atoms with van der Waals surface area (Å²) < 4.78 is 10.0. The molecular weight excluding hydrogens is 440 g/mol. The molecule has 2 rings (SSSR count). The molecule has 0 aromatic heterocycles. The number of esters is 2. The van der Waals surface area contributed by atoms with Crippen molar-refractivity contribution in [3.63, 3.8) is 0 Å². The average Bonchev–Trinajstić information content (AvgIpc) is 2.80. The first-order valence-corrected chi connectivity index (χ1v) is 10.8. The second-order valence-electron chi connectivity index (χ2n) is 7.96. The van der Waals surface area contributed by atoms with Crippen LogP contribution in [0.5, 0.6) is 0 Å². The van der Waals surface area contributed by atoms with E-state index in [-0.39, 0.29) is 24.5 Å². The average molecular weight is 469 g/mol. The van der Waals surface area contributed by atoms with Crippen molar-refractivity contribution in [2.45, 2.75) is 33.6 Å². The van der Waals surface area contributed by atoms with Gasteiger partial charge in [-0.15, -0.1) is 0 Å². The van der Waals surface area contributed by atoms with Crippen molar-refractivity contribution < 1.29 is 33.4 Å². The number of hydrogen-bond acceptors (Lipinski definition) is 7. The van der Waals surface area contributed by atoms with E-state index in [1.165, 1.54) is 31.2 Å². The maximum Gasteiger partial charge on any atom is 0.338 e. The molecule has 0 heterocycles. The van der Waals surface area contributed by atoms with Gasteiger partial charge in [0.15, 0.2) is 12.4 Å². The van der Waals surface area contributed by atoms with E-state index in [1.807, 2.05) is 13.8 Å². The maximum absolute atomic E-state index is 12.0. The molecule has 0 bridgehead atoms. The minimum Gasteiger partial charge on any atom is -0.462 e. The van der Waals surface area contributed by atoms with Crippen molar-refractivity contribution in [1.82, 2.24) is 0 Å². The van der Waals surface area contributed by atoms with E-state index in [4.69, 9.17) is 9.47 Å². The van der Waals surface area contributed by atoms with Gasteiger partial charge in [0.05, 0.1) is 18.6 Å². The summed E-state index contributed by atoms with van der Waals surface area (Å²) in [5.41, 5.74) is 1.69. The summed E-state index contributed by atoms with van der Waals surface area (Å²) in [5.74, 6) is -2.03. The molecule has 180 valence electrons. The molecule has 2 aromatic rings. The van der Waals surface area contributed by atoms with Gasteiger partial charge in [0.2, 0.25) is 5.91 Å². The van der Waals surface area contributed by atoms with Crippen LogP contribution in [-0.4, -0.2) is 42.7 Å². The first kappa shape index (κ1) is 26.2. The lowest BCUT2D eigenvalue weighted by Gasteiger charge is -2.09. The number of amides is 2. The molecule has 2 N–H and O–H groups in total. The first-order chi connectivity index (χ1) is 16.1. The van der Waals surface area contributed by atoms with E-state index in [9.17, 15) is 24.0 Å². The molecule has 0 saturated heterocycles. The van der Waals surface area contributed by atoms with E-state index in [0.717, 1.165) is 0 Å². The standard InChI is InChI=1S/C25H28N2O7/c1-16(2)14-34-25(32)18-7-9-20(10-8-18)26-23(30)15-33-24(31)12-11-22(29)27-21-6-4-5-19(13-21)17(3)28/h4-10,13,16H,11-12,14-15H2,1-3H3,(H,26,30)(H,27,29). The highest BCUT2D eigenvalue weighted by Gasteiger charge is 2.12. The van der Waals surface area contributed by atoms with Gasteiger partial charge >= 0.3 is 11.9 Å². The fraction of sp³-hybridized carbons (Fsp3) is 0.320. The van der Waals surface area contributed by atoms with Crippen molar-refractivity contribution in [2.24, 2.45) is 5.92 Å². The summed E-state index contributed by atoms with van der Waals surface area (Å²) >= 11 is 0. The minimum atomic E-state index is -0.703. The zero-order valence-corrected chi connectivity index (χ0v) is 19.4. The van der Waals surface area contributed by atoms with Crippen molar-refractivity contribution in [3.8, 4) is 0 Å². The molecule has 34 heavy (non-hydrogen) atoms. The number of carbonyl (C=O) groups excluding carboxylic acids is 5. The monoisotopic (exact) mass is 468 g/mol. The third-order valence-corrected chi connectivity index (χ3v) is 4.43. The molecular formula is C25H28N2O7. The lowest BCUT2D eigenvalue weighted by atomic mass is 10.1. The van der Waals surface area contributed by atoms with E-state index >= 15 is 0 Å². The summed E-state index contributed by atoms with van der Waals surface area (Å²) in [6, 6.07) is 12.6. The van der Waals surface area contributed by atoms with Gasteiger partial charge in [-0.3, -0.25) is 19.2 Å². The molecule has 0 spiro atoms. The summed E-state index contributed by atoms with van der Waals surface area (Å²) in [7, 11) is 0. The van der Waals surface area contributed by atoms with Crippen LogP contribution in [0.15, 0.2) is 48.5 Å². The molecule has 9 heteroatoms. The number of rotatable bonds is 11. The second kappa shape index (κ2) is 12.9. The Morgan fingerprint density at radius 2 is 1.47 bits per heavy atom. The number of Topliss-reactive ketones (excluding diaryl/α,β-unsaturated/α-hetero) is 1. The van der Waals surface area contributed by atoms with Crippen molar-refractivity contribution in [2.75, 3.05) is 23.8 Å². The van der Waals surface area contributed by atoms with Crippen LogP contribution in [0.25, 0.3) is 0 Å². The molecule has 0 radical (unpaired) electrons. The van der Waals surface area contributed by atoms with Crippen LogP contribution in [0.4, 0.5) is 11.4 Å². The maximum atomic E-state index is 12.0. The third kappa shape index (κ3) is 9.23. The minimum absolute atomic E-state index is 0.127. The van der Waals surface area contributed by atoms with E-state index < -0.39 is 30.4 Å². The van der Waals surface area contributed by atoms with Gasteiger partial charge in [-0.2, -0.15) is 0 Å². The Balaban J connectivity index is 1.71. The Kier molecular flexibility index (Phi) is 9.94. The van der Waals surface area contributed by atoms with Crippen LogP contribution < -0.4 is 10.6 Å². The molecule has 0 unspecified atom stereocenters. The normalized spacial score (nSPS) is 10.4. The first-order valence-electron chi connectivity index (χ1n) is 10.8. The summed E-state index contributed by atoms with van der Waals surface area (Å²) in [4.78, 5) is 59.2. The summed E-state index contributed by atoms with van der Waals surface area (Å²) in [6.45, 7) is 5.10. The lowest BCUT2D eigenvalue weighted by molar-refractivity contribution is -0.147. The van der Waals surface area contributed by atoms with Crippen LogP contribution >= 0.6 is 0 Å². The Labute approximate surface area is 197 Å². The number of anilines is 2. The summed E-state index contributed by atoms with van der Waals surface area (Å²) in [5, 5.41) is 5.16. The molecule has 0 saturated carbocycles. The van der Waals surface area contributed by atoms with Gasteiger partial charge in [-0.1, -0.05) is 26.0 Å². The molecule has 0 fully saturated rings. The Morgan fingerprint density at radius 3 is 2.12 bits per heavy atom. The smallest absolute Gasteiger partial charge is 0.338 e. The number of nitrogens with one attached hydrogen (secondary N) is 2. The van der Waals surface area contributed by atoms with Crippen molar-refractivity contribution in [3.05, 3.63) is 59.7 Å². The molecule has 0 aliphatic rings. The molecule has 0 aliphatic heterocycles. The highest BCUT2D eigenvalue weighted by Crippen LogP contribution is 2.13. The Morgan fingerprint density at radius 1 is 0.794 bits per heavy atom. The number of hydrogen-bond donors (Lipinski definition) is 2. The summed E-state index contributed by atoms with van der Waals surface area (Å²) in [6.07, 6.45) is -0.349. The van der Waals surface area contributed by atoms with Crippen molar-refractivity contribution >= 4 is 40.9 Å². The SMILES string of the molecule is CC(=O)c1cccc(NC(=O)CCC(=O)OCC(=O)Nc2ccc(C(=O)OCC(C)C)cc2)c1. The largest absolute Gasteiger partial charge is 0.462 e. The van der Waals surface area contributed by atoms with E-state index in [2.05, 4.69) is 10.6 Å². The van der Waals surface area contributed by atoms with Gasteiger partial charge in [-0.05, 0) is 49.2 Å². The molecule has 2 aromatic carbocycles. The predicted molar refractivity (Wildman–Crippen MR) is 125 cm³/mol. The van der Waals surface area contributed by atoms with Crippen LogP contribution in [0.3, 0.4) is 0 Å². The second-order valence-corrected chi connectivity index (χ2v) is 7.96. The molecule has 0 atom stereocenters. The highest BCUT2D eigenvalue weighted by molar-refractivity contribution is 5.98. The van der Waals surface area contributed by atoms with Crippen LogP contribution in [-0.2, 0) is 23.9 Å². The van der Waals surface area contributed by atoms with Gasteiger partial charge in [0.1, 0.15) is 0 Å². The van der Waals surface area contributed by atoms with E-state index in [1.54, 1.807) is 24.3 Å². The topological polar surface area (TPSA) is 128 Å². The zero-order chi connectivity index (χ0) is 25.1. The zero-order valence-electron chi connectivity index (χ0n) is 19.4. The van der Waals surface area contributed by atoms with E-state index in [0.29, 0.717) is 29.1 Å². The number of ketones is 1. The lowest BCUT2D eigenvalue weighted by Crippen LogP contribution is -2.22. The number of benzene rings is 2. The third-order valence-electron chi connectivity index (χ3n) is 4.43. The van der Waals surface area contributed by atoms with Gasteiger partial charge in [-0.25, -0.2) is 4.79 Å². The highest BCUT2D eigenvalue weighted by atomic mass is 16.5. The fourth-order valence-electron chi connectivity index (χ4n) is 2.69. The molecule has 9 nitrogen and oxygen atoms in total. The van der Waals surface area contributed by atoms with Crippen LogP contribution in [0.1, 0.15) is 54.3 Å². The fourth-order valence-corrected chi connectivity index (χ4v) is 2.69. The predicted octanol–water partition coefficient (Wildman–Crippen LogP) is 3.60. The molecule has 0 aliphatic carbocycles. The van der Waals surface area contributed by atoms with Crippen LogP contribution in [0, 0.1) is 5.92 Å².